The first kappa shape index (κ1) is 23.6. The van der Waals surface area contributed by atoms with Gasteiger partial charge in [0, 0.05) is 49.4 Å². The van der Waals surface area contributed by atoms with Crippen molar-refractivity contribution in [3.8, 4) is 0 Å². The molecule has 1 aliphatic rings. The number of thioether (sulfide) groups is 1. The van der Waals surface area contributed by atoms with Gasteiger partial charge in [-0.1, -0.05) is 34.3 Å². The van der Waals surface area contributed by atoms with Crippen molar-refractivity contribution in [1.82, 2.24) is 20.3 Å². The lowest BCUT2D eigenvalue weighted by molar-refractivity contribution is -0.385. The Morgan fingerprint density at radius 3 is 2.65 bits per heavy atom. The summed E-state index contributed by atoms with van der Waals surface area (Å²) in [5.41, 5.74) is 0.759. The molecule has 1 fully saturated rings. The lowest BCUT2D eigenvalue weighted by atomic mass is 10.1. The Hall–Kier alpha value is -3.52. The van der Waals surface area contributed by atoms with Crippen molar-refractivity contribution in [3.63, 3.8) is 0 Å². The first-order valence-electron chi connectivity index (χ1n) is 10.3. The fourth-order valence-corrected chi connectivity index (χ4v) is 5.04. The van der Waals surface area contributed by atoms with Crippen LogP contribution in [0.3, 0.4) is 0 Å². The van der Waals surface area contributed by atoms with Crippen LogP contribution in [-0.2, 0) is 4.79 Å². The molecular formula is C20H21N7O5S2. The van der Waals surface area contributed by atoms with Gasteiger partial charge >= 0.3 is 0 Å². The summed E-state index contributed by atoms with van der Waals surface area (Å²) < 4.78 is 5.58. The minimum Gasteiger partial charge on any atom is -0.360 e. The molecule has 0 saturated carbocycles. The standard InChI is InChI=1S/C20H21N7O5S2/c1-12-3-4-14(10-15(12)27(30)31)18(29)25-5-7-26(8-6-25)19-22-23-20(34-19)33-11-17(28)21-16-9-13(2)32-24-16/h3-4,9-10H,5-8,11H2,1-2H3,(H,21,24,28). The largest absolute Gasteiger partial charge is 0.360 e. The molecule has 1 aromatic carbocycles. The number of carbonyl (C=O) groups is 2. The van der Waals surface area contributed by atoms with Crippen LogP contribution >= 0.6 is 23.1 Å². The molecule has 4 rings (SSSR count). The van der Waals surface area contributed by atoms with Crippen LogP contribution in [0.2, 0.25) is 0 Å². The number of nitro groups is 1. The van der Waals surface area contributed by atoms with Crippen molar-refractivity contribution in [2.45, 2.75) is 18.2 Å². The fourth-order valence-electron chi connectivity index (χ4n) is 3.34. The number of rotatable bonds is 7. The first-order valence-corrected chi connectivity index (χ1v) is 12.1. The van der Waals surface area contributed by atoms with Gasteiger partial charge in [0.2, 0.25) is 11.0 Å². The van der Waals surface area contributed by atoms with Gasteiger partial charge < -0.3 is 19.6 Å². The number of nitro benzene ring substituents is 1. The van der Waals surface area contributed by atoms with E-state index in [1.165, 1.54) is 29.2 Å². The number of aryl methyl sites for hydroxylation is 2. The van der Waals surface area contributed by atoms with Gasteiger partial charge in [-0.3, -0.25) is 19.7 Å². The number of piperazine rings is 1. The highest BCUT2D eigenvalue weighted by Gasteiger charge is 2.25. The highest BCUT2D eigenvalue weighted by Crippen LogP contribution is 2.29. The van der Waals surface area contributed by atoms with E-state index < -0.39 is 4.92 Å². The molecule has 0 atom stereocenters. The van der Waals surface area contributed by atoms with E-state index in [2.05, 4.69) is 20.7 Å². The van der Waals surface area contributed by atoms with E-state index in [1.54, 1.807) is 36.9 Å². The SMILES string of the molecule is Cc1cc(NC(=O)CSc2nnc(N3CCN(C(=O)c4ccc(C)c([N+](=O)[O-])c4)CC3)s2)no1. The molecule has 2 aromatic heterocycles. The smallest absolute Gasteiger partial charge is 0.273 e. The molecule has 34 heavy (non-hydrogen) atoms. The maximum absolute atomic E-state index is 12.8. The van der Waals surface area contributed by atoms with Crippen LogP contribution in [0.5, 0.6) is 0 Å². The van der Waals surface area contributed by atoms with E-state index >= 15 is 0 Å². The van der Waals surface area contributed by atoms with Crippen LogP contribution in [0, 0.1) is 24.0 Å². The van der Waals surface area contributed by atoms with Gasteiger partial charge in [-0.25, -0.2) is 0 Å². The zero-order chi connectivity index (χ0) is 24.2. The number of carbonyl (C=O) groups excluding carboxylic acids is 2. The number of nitrogens with zero attached hydrogens (tertiary/aromatic N) is 6. The summed E-state index contributed by atoms with van der Waals surface area (Å²) in [6.45, 7) is 5.42. The Morgan fingerprint density at radius 2 is 1.97 bits per heavy atom. The van der Waals surface area contributed by atoms with Gasteiger partial charge in [-0.2, -0.15) is 0 Å². The molecule has 0 bridgehead atoms. The van der Waals surface area contributed by atoms with Gasteiger partial charge in [0.25, 0.3) is 11.6 Å². The van der Waals surface area contributed by atoms with Crippen LogP contribution in [0.25, 0.3) is 0 Å². The van der Waals surface area contributed by atoms with Crippen LogP contribution in [0.4, 0.5) is 16.6 Å². The Labute approximate surface area is 202 Å². The Morgan fingerprint density at radius 1 is 1.21 bits per heavy atom. The number of hydrogen-bond acceptors (Lipinski definition) is 11. The predicted molar refractivity (Wildman–Crippen MR) is 126 cm³/mol. The molecule has 14 heteroatoms. The summed E-state index contributed by atoms with van der Waals surface area (Å²) in [5, 5.41) is 26.6. The summed E-state index contributed by atoms with van der Waals surface area (Å²) in [6, 6.07) is 6.18. The minimum absolute atomic E-state index is 0.0619. The van der Waals surface area contributed by atoms with E-state index in [9.17, 15) is 19.7 Å². The topological polar surface area (TPSA) is 148 Å². The molecule has 0 unspecified atom stereocenters. The summed E-state index contributed by atoms with van der Waals surface area (Å²) in [7, 11) is 0. The molecule has 0 spiro atoms. The predicted octanol–water partition coefficient (Wildman–Crippen LogP) is 2.74. The molecule has 12 nitrogen and oxygen atoms in total. The molecule has 0 radical (unpaired) electrons. The molecular weight excluding hydrogens is 482 g/mol. The van der Waals surface area contributed by atoms with Gasteiger partial charge in [-0.05, 0) is 19.9 Å². The number of benzene rings is 1. The fraction of sp³-hybridized carbons (Fsp3) is 0.350. The summed E-state index contributed by atoms with van der Waals surface area (Å²) in [6.07, 6.45) is 0. The average molecular weight is 504 g/mol. The molecule has 3 heterocycles. The summed E-state index contributed by atoms with van der Waals surface area (Å²) in [5.74, 6) is 0.682. The number of amides is 2. The molecule has 178 valence electrons. The van der Waals surface area contributed by atoms with Crippen LogP contribution in [0.1, 0.15) is 21.7 Å². The molecule has 2 amide bonds. The minimum atomic E-state index is -0.478. The summed E-state index contributed by atoms with van der Waals surface area (Å²) in [4.78, 5) is 39.3. The van der Waals surface area contributed by atoms with Crippen LogP contribution in [0.15, 0.2) is 33.1 Å². The van der Waals surface area contributed by atoms with Gasteiger partial charge in [0.05, 0.1) is 10.7 Å². The van der Waals surface area contributed by atoms with Crippen molar-refractivity contribution in [2.24, 2.45) is 0 Å². The van der Waals surface area contributed by atoms with Crippen LogP contribution in [-0.4, -0.2) is 68.9 Å². The number of hydrogen-bond donors (Lipinski definition) is 1. The highest BCUT2D eigenvalue weighted by atomic mass is 32.2. The van der Waals surface area contributed by atoms with Gasteiger partial charge in [0.1, 0.15) is 5.76 Å². The van der Waals surface area contributed by atoms with Gasteiger partial charge in [0.15, 0.2) is 10.2 Å². The Bertz CT molecular complexity index is 1220. The Balaban J connectivity index is 1.28. The lowest BCUT2D eigenvalue weighted by Crippen LogP contribution is -2.48. The van der Waals surface area contributed by atoms with Crippen molar-refractivity contribution in [2.75, 3.05) is 42.1 Å². The van der Waals surface area contributed by atoms with Crippen molar-refractivity contribution < 1.29 is 19.0 Å². The monoisotopic (exact) mass is 503 g/mol. The third kappa shape index (κ3) is 5.51. The van der Waals surface area contributed by atoms with E-state index in [0.29, 0.717) is 58.4 Å². The zero-order valence-electron chi connectivity index (χ0n) is 18.4. The lowest BCUT2D eigenvalue weighted by Gasteiger charge is -2.34. The molecule has 0 aliphatic carbocycles. The second-order valence-corrected chi connectivity index (χ2v) is 9.73. The number of nitrogens with one attached hydrogen (secondary N) is 1. The third-order valence-corrected chi connectivity index (χ3v) is 7.23. The average Bonchev–Trinajstić information content (AvgIpc) is 3.46. The van der Waals surface area contributed by atoms with Crippen LogP contribution < -0.4 is 10.2 Å². The second kappa shape index (κ2) is 10.2. The molecule has 1 aliphatic heterocycles. The van der Waals surface area contributed by atoms with Crippen molar-refractivity contribution in [3.05, 3.63) is 51.3 Å². The normalized spacial score (nSPS) is 13.7. The van der Waals surface area contributed by atoms with Crippen molar-refractivity contribution in [1.29, 1.82) is 0 Å². The highest BCUT2D eigenvalue weighted by molar-refractivity contribution is 8.01. The van der Waals surface area contributed by atoms with E-state index in [1.807, 2.05) is 4.90 Å². The maximum atomic E-state index is 12.8. The third-order valence-electron chi connectivity index (χ3n) is 5.11. The second-order valence-electron chi connectivity index (χ2n) is 7.55. The van der Waals surface area contributed by atoms with E-state index in [0.717, 1.165) is 0 Å². The first-order chi connectivity index (χ1) is 16.3. The number of anilines is 2. The maximum Gasteiger partial charge on any atom is 0.273 e. The van der Waals surface area contributed by atoms with E-state index in [4.69, 9.17) is 4.52 Å². The van der Waals surface area contributed by atoms with E-state index in [-0.39, 0.29) is 23.3 Å². The quantitative estimate of drug-likeness (QED) is 0.290. The number of aromatic nitrogens is 3. The zero-order valence-corrected chi connectivity index (χ0v) is 20.0. The molecule has 1 saturated heterocycles. The molecule has 3 aromatic rings. The summed E-state index contributed by atoms with van der Waals surface area (Å²) >= 11 is 2.65. The van der Waals surface area contributed by atoms with Crippen molar-refractivity contribution >= 4 is 51.5 Å². The molecule has 1 N–H and O–H groups in total. The van der Waals surface area contributed by atoms with Gasteiger partial charge in [-0.15, -0.1) is 10.2 Å². The Kier molecular flexibility index (Phi) is 7.07.